The van der Waals surface area contributed by atoms with E-state index in [0.717, 1.165) is 19.3 Å². The van der Waals surface area contributed by atoms with E-state index in [9.17, 15) is 0 Å². The van der Waals surface area contributed by atoms with Gasteiger partial charge in [-0.1, -0.05) is 46.8 Å². The van der Waals surface area contributed by atoms with Crippen molar-refractivity contribution in [1.29, 1.82) is 0 Å². The van der Waals surface area contributed by atoms with E-state index in [4.69, 9.17) is 8.85 Å². The second-order valence-electron chi connectivity index (χ2n) is 11.2. The molecule has 0 N–H and O–H groups in total. The Kier molecular flexibility index (Phi) is 5.35. The fourth-order valence-electron chi connectivity index (χ4n) is 3.53. The first-order chi connectivity index (χ1) is 11.1. The van der Waals surface area contributed by atoms with Gasteiger partial charge in [-0.2, -0.15) is 0 Å². The molecule has 2 nitrogen and oxygen atoms in total. The number of hydrogen-bond donors (Lipinski definition) is 0. The lowest BCUT2D eigenvalue weighted by Gasteiger charge is -2.45. The van der Waals surface area contributed by atoms with Crippen LogP contribution < -0.4 is 0 Å². The topological polar surface area (TPSA) is 18.5 Å². The van der Waals surface area contributed by atoms with Crippen LogP contribution in [0.2, 0.25) is 37.8 Å². The minimum absolute atomic E-state index is 0.0835. The molecule has 2 bridgehead atoms. The van der Waals surface area contributed by atoms with Gasteiger partial charge in [-0.15, -0.1) is 0 Å². The predicted molar refractivity (Wildman–Crippen MR) is 114 cm³/mol. The summed E-state index contributed by atoms with van der Waals surface area (Å²) in [5, 5.41) is 0.251. The second-order valence-corrected chi connectivity index (χ2v) is 20.4. The van der Waals surface area contributed by atoms with Gasteiger partial charge in [0.05, 0.1) is 12.4 Å². The van der Waals surface area contributed by atoms with Crippen molar-refractivity contribution in [3.63, 3.8) is 0 Å². The van der Waals surface area contributed by atoms with Gasteiger partial charge >= 0.3 is 0 Å². The third kappa shape index (κ3) is 4.51. The highest BCUT2D eigenvalue weighted by molar-refractivity contribution is 6.74. The fraction of sp³-hybridized carbons (Fsp3) is 0.810. The molecule has 1 saturated carbocycles. The lowest BCUT2D eigenvalue weighted by atomic mass is 9.69. The quantitative estimate of drug-likeness (QED) is 0.301. The molecule has 25 heavy (non-hydrogen) atoms. The zero-order valence-corrected chi connectivity index (χ0v) is 20.2. The number of allylic oxidation sites excluding steroid dienone is 2. The molecule has 3 aliphatic carbocycles. The summed E-state index contributed by atoms with van der Waals surface area (Å²) in [7, 11) is -3.32. The summed E-state index contributed by atoms with van der Waals surface area (Å²) in [5.74, 6) is 0. The van der Waals surface area contributed by atoms with Gasteiger partial charge in [-0.3, -0.25) is 0 Å². The minimum Gasteiger partial charge on any atom is -0.550 e. The molecule has 0 radical (unpaired) electrons. The molecule has 0 aromatic rings. The molecule has 0 amide bonds. The van der Waals surface area contributed by atoms with Crippen molar-refractivity contribution < 1.29 is 8.85 Å². The number of fused-ring (bicyclic) bond motifs is 3. The van der Waals surface area contributed by atoms with Gasteiger partial charge in [0, 0.05) is 10.8 Å². The van der Waals surface area contributed by atoms with E-state index in [1.54, 1.807) is 0 Å². The van der Waals surface area contributed by atoms with Crippen molar-refractivity contribution >= 4 is 16.6 Å². The maximum atomic E-state index is 6.92. The molecular formula is C21H40O2Si2. The molecule has 0 aliphatic heterocycles. The maximum absolute atomic E-state index is 6.92. The first-order valence-corrected chi connectivity index (χ1v) is 16.2. The van der Waals surface area contributed by atoms with Gasteiger partial charge < -0.3 is 8.85 Å². The highest BCUT2D eigenvalue weighted by Crippen LogP contribution is 2.54. The van der Waals surface area contributed by atoms with Crippen LogP contribution in [0.15, 0.2) is 24.0 Å². The van der Waals surface area contributed by atoms with Crippen molar-refractivity contribution in [2.24, 2.45) is 10.8 Å². The summed E-state index contributed by atoms with van der Waals surface area (Å²) in [6.07, 6.45) is 10.7. The van der Waals surface area contributed by atoms with Crippen LogP contribution in [0, 0.1) is 10.8 Å². The van der Waals surface area contributed by atoms with Crippen LogP contribution in [0.4, 0.5) is 0 Å². The van der Waals surface area contributed by atoms with Crippen molar-refractivity contribution in [3.8, 4) is 0 Å². The number of hydrogen-bond acceptors (Lipinski definition) is 2. The zero-order valence-electron chi connectivity index (χ0n) is 18.2. The van der Waals surface area contributed by atoms with Gasteiger partial charge in [0.15, 0.2) is 8.32 Å². The lowest BCUT2D eigenvalue weighted by Crippen LogP contribution is -2.48. The van der Waals surface area contributed by atoms with Crippen LogP contribution in [-0.4, -0.2) is 22.7 Å². The SMILES string of the molecule is CC(C)(C)[Si](C)(C)O[C@H]1CC[C@]2(C)C=C[C@@]1(C)C/C2=C\O[Si](C)(C)C. The molecule has 0 aromatic carbocycles. The minimum atomic E-state index is -1.77. The Morgan fingerprint density at radius 3 is 2.20 bits per heavy atom. The van der Waals surface area contributed by atoms with Gasteiger partial charge in [-0.05, 0) is 62.6 Å². The molecule has 0 heterocycles. The Morgan fingerprint density at radius 1 is 1.08 bits per heavy atom. The first-order valence-electron chi connectivity index (χ1n) is 9.84. The number of rotatable bonds is 4. The fourth-order valence-corrected chi connectivity index (χ4v) is 5.48. The van der Waals surface area contributed by atoms with Crippen molar-refractivity contribution in [2.45, 2.75) is 97.8 Å². The third-order valence-corrected chi connectivity index (χ3v) is 11.9. The van der Waals surface area contributed by atoms with Gasteiger partial charge in [-0.25, -0.2) is 0 Å². The molecule has 0 unspecified atom stereocenters. The molecule has 3 rings (SSSR count). The average Bonchev–Trinajstić information content (AvgIpc) is 2.59. The Hall–Kier alpha value is -0.326. The summed E-state index contributed by atoms with van der Waals surface area (Å²) in [5.41, 5.74) is 1.67. The zero-order chi connectivity index (χ0) is 19.3. The van der Waals surface area contributed by atoms with E-state index in [-0.39, 0.29) is 15.9 Å². The summed E-state index contributed by atoms with van der Waals surface area (Å²) in [4.78, 5) is 0. The predicted octanol–water partition coefficient (Wildman–Crippen LogP) is 6.88. The van der Waals surface area contributed by atoms with E-state index in [0.29, 0.717) is 6.10 Å². The van der Waals surface area contributed by atoms with Crippen LogP contribution >= 0.6 is 0 Å². The normalized spacial score (nSPS) is 35.1. The molecular weight excluding hydrogens is 340 g/mol. The molecule has 144 valence electrons. The Labute approximate surface area is 158 Å². The molecule has 3 aliphatic rings. The van der Waals surface area contributed by atoms with Gasteiger partial charge in [0.1, 0.15) is 0 Å². The van der Waals surface area contributed by atoms with E-state index in [2.05, 4.69) is 85.8 Å². The highest BCUT2D eigenvalue weighted by Gasteiger charge is 2.49. The van der Waals surface area contributed by atoms with Crippen LogP contribution in [0.1, 0.15) is 53.9 Å². The van der Waals surface area contributed by atoms with Crippen LogP contribution in [0.5, 0.6) is 0 Å². The highest BCUT2D eigenvalue weighted by atomic mass is 28.4. The molecule has 3 atom stereocenters. The third-order valence-electron chi connectivity index (χ3n) is 6.60. The van der Waals surface area contributed by atoms with Crippen LogP contribution in [0.3, 0.4) is 0 Å². The molecule has 0 saturated heterocycles. The lowest BCUT2D eigenvalue weighted by molar-refractivity contribution is 0.0780. The van der Waals surface area contributed by atoms with E-state index >= 15 is 0 Å². The van der Waals surface area contributed by atoms with Crippen molar-refractivity contribution in [1.82, 2.24) is 0 Å². The summed E-state index contributed by atoms with van der Waals surface area (Å²) < 4.78 is 13.1. The van der Waals surface area contributed by atoms with E-state index in [1.165, 1.54) is 5.57 Å². The maximum Gasteiger partial charge on any atom is 0.241 e. The van der Waals surface area contributed by atoms with Gasteiger partial charge in [0.2, 0.25) is 8.32 Å². The Morgan fingerprint density at radius 2 is 1.68 bits per heavy atom. The standard InChI is InChI=1S/C21H40O2Si2/c1-19(2,3)25(9,10)23-18-11-12-20(4)13-14-21(18,5)15-17(20)16-22-24(6,7)8/h13-14,16,18H,11-12,15H2,1-10H3/b17-16+/t18-,20+,21-/m0/s1. The second kappa shape index (κ2) is 6.38. The van der Waals surface area contributed by atoms with Crippen LogP contribution in [0.25, 0.3) is 0 Å². The summed E-state index contributed by atoms with van der Waals surface area (Å²) in [6.45, 7) is 23.3. The van der Waals surface area contributed by atoms with Crippen LogP contribution in [-0.2, 0) is 8.85 Å². The Balaban J connectivity index is 2.30. The first kappa shape index (κ1) is 21.0. The van der Waals surface area contributed by atoms with Crippen molar-refractivity contribution in [3.05, 3.63) is 24.0 Å². The average molecular weight is 381 g/mol. The smallest absolute Gasteiger partial charge is 0.241 e. The molecule has 4 heteroatoms. The molecule has 0 aromatic heterocycles. The van der Waals surface area contributed by atoms with Gasteiger partial charge in [0.25, 0.3) is 0 Å². The van der Waals surface area contributed by atoms with Crippen molar-refractivity contribution in [2.75, 3.05) is 0 Å². The van der Waals surface area contributed by atoms with E-state index in [1.807, 2.05) is 0 Å². The molecule has 1 fully saturated rings. The summed E-state index contributed by atoms with van der Waals surface area (Å²) >= 11 is 0. The summed E-state index contributed by atoms with van der Waals surface area (Å²) in [6, 6.07) is 0. The Bertz CT molecular complexity index is 565. The van der Waals surface area contributed by atoms with E-state index < -0.39 is 16.6 Å². The molecule has 0 spiro atoms. The monoisotopic (exact) mass is 380 g/mol. The largest absolute Gasteiger partial charge is 0.550 e.